The summed E-state index contributed by atoms with van der Waals surface area (Å²) in [7, 11) is 0. The van der Waals surface area contributed by atoms with Crippen molar-refractivity contribution in [3.63, 3.8) is 0 Å². The maximum atomic E-state index is 6.12. The van der Waals surface area contributed by atoms with Gasteiger partial charge in [-0.1, -0.05) is 48.4 Å². The Morgan fingerprint density at radius 1 is 1.00 bits per heavy atom. The number of aryl methyl sites for hydroxylation is 1. The lowest BCUT2D eigenvalue weighted by molar-refractivity contribution is 0.181. The first-order chi connectivity index (χ1) is 12.8. The van der Waals surface area contributed by atoms with Crippen LogP contribution in [0.2, 0.25) is 0 Å². The van der Waals surface area contributed by atoms with Crippen LogP contribution in [-0.2, 0) is 6.54 Å². The van der Waals surface area contributed by atoms with Gasteiger partial charge in [-0.25, -0.2) is 0 Å². The average Bonchev–Trinajstić information content (AvgIpc) is 3.00. The fraction of sp³-hybridized carbons (Fsp3) is 0.409. The van der Waals surface area contributed by atoms with Gasteiger partial charge in [0.15, 0.2) is 0 Å². The molecule has 0 N–H and O–H groups in total. The summed E-state index contributed by atoms with van der Waals surface area (Å²) in [5, 5.41) is 5.90. The molecule has 0 aliphatic carbocycles. The molecule has 3 aromatic rings. The Labute approximate surface area is 167 Å². The Hall–Kier alpha value is -2.04. The summed E-state index contributed by atoms with van der Waals surface area (Å²) in [5.74, 6) is 0.761. The third-order valence-corrected chi connectivity index (χ3v) is 5.14. The summed E-state index contributed by atoms with van der Waals surface area (Å²) in [6.45, 7) is 6.96. The van der Waals surface area contributed by atoms with Crippen LogP contribution in [0.3, 0.4) is 0 Å². The van der Waals surface area contributed by atoms with Crippen LogP contribution < -0.4 is 4.74 Å². The number of nitrogens with zero attached hydrogens (tertiary/aromatic N) is 3. The Kier molecular flexibility index (Phi) is 6.75. The molecule has 4 nitrogen and oxygen atoms in total. The van der Waals surface area contributed by atoms with E-state index in [2.05, 4.69) is 59.0 Å². The highest BCUT2D eigenvalue weighted by Crippen LogP contribution is 2.27. The lowest BCUT2D eigenvalue weighted by atomic mass is 10.1. The van der Waals surface area contributed by atoms with Gasteiger partial charge in [0.2, 0.25) is 5.88 Å². The first kappa shape index (κ1) is 19.7. The normalized spacial score (nSPS) is 14.9. The molecule has 0 atom stereocenters. The minimum Gasteiger partial charge on any atom is -0.475 e. The summed E-state index contributed by atoms with van der Waals surface area (Å²) in [6, 6.07) is 16.9. The van der Waals surface area contributed by atoms with E-state index in [-0.39, 0.29) is 12.4 Å². The van der Waals surface area contributed by atoms with Crippen LogP contribution in [0.5, 0.6) is 5.88 Å². The number of fused-ring (bicyclic) bond motifs is 1. The molecular weight excluding hydrogens is 358 g/mol. The van der Waals surface area contributed by atoms with Gasteiger partial charge < -0.3 is 4.74 Å². The van der Waals surface area contributed by atoms with Crippen molar-refractivity contribution in [2.75, 3.05) is 26.2 Å². The Balaban J connectivity index is 0.00000210. The minimum atomic E-state index is 0. The van der Waals surface area contributed by atoms with Gasteiger partial charge >= 0.3 is 0 Å². The van der Waals surface area contributed by atoms with E-state index in [0.717, 1.165) is 29.9 Å². The Morgan fingerprint density at radius 2 is 1.78 bits per heavy atom. The molecule has 2 heterocycles. The Morgan fingerprint density at radius 3 is 2.56 bits per heavy atom. The molecule has 144 valence electrons. The lowest BCUT2D eigenvalue weighted by Gasteiger charge is -2.25. The van der Waals surface area contributed by atoms with Gasteiger partial charge in [-0.15, -0.1) is 17.5 Å². The number of halogens is 1. The molecule has 0 saturated carbocycles. The molecule has 0 unspecified atom stereocenters. The molecule has 1 fully saturated rings. The van der Waals surface area contributed by atoms with E-state index in [1.54, 1.807) is 0 Å². The quantitative estimate of drug-likeness (QED) is 0.617. The monoisotopic (exact) mass is 385 g/mol. The molecule has 0 bridgehead atoms. The standard InChI is InChI=1S/C22H27N3O.ClH/c1-18-10-11-21-20(16-18)22(26-15-14-24-12-6-3-7-13-24)23-25(21)17-19-8-4-2-5-9-19;/h2,4-5,8-11,16H,3,6-7,12-15,17H2,1H3;1H. The van der Waals surface area contributed by atoms with Crippen molar-refractivity contribution in [1.82, 2.24) is 14.7 Å². The first-order valence-corrected chi connectivity index (χ1v) is 9.66. The molecule has 1 aliphatic rings. The summed E-state index contributed by atoms with van der Waals surface area (Å²) < 4.78 is 8.18. The summed E-state index contributed by atoms with van der Waals surface area (Å²) in [6.07, 6.45) is 3.99. The highest BCUT2D eigenvalue weighted by Gasteiger charge is 2.14. The molecule has 0 spiro atoms. The van der Waals surface area contributed by atoms with Crippen LogP contribution in [0.15, 0.2) is 48.5 Å². The lowest BCUT2D eigenvalue weighted by Crippen LogP contribution is -2.33. The van der Waals surface area contributed by atoms with E-state index in [9.17, 15) is 0 Å². The number of piperidine rings is 1. The van der Waals surface area contributed by atoms with Crippen LogP contribution in [-0.4, -0.2) is 40.9 Å². The zero-order chi connectivity index (χ0) is 17.8. The van der Waals surface area contributed by atoms with Crippen LogP contribution in [0, 0.1) is 6.92 Å². The highest BCUT2D eigenvalue weighted by molar-refractivity contribution is 5.85. The minimum absolute atomic E-state index is 0. The Bertz CT molecular complexity index is 857. The summed E-state index contributed by atoms with van der Waals surface area (Å²) in [5.41, 5.74) is 3.61. The second-order valence-electron chi connectivity index (χ2n) is 7.22. The van der Waals surface area contributed by atoms with Crippen molar-refractivity contribution in [3.8, 4) is 5.88 Å². The van der Waals surface area contributed by atoms with E-state index < -0.39 is 0 Å². The maximum Gasteiger partial charge on any atom is 0.240 e. The predicted octanol–water partition coefficient (Wildman–Crippen LogP) is 4.68. The van der Waals surface area contributed by atoms with Crippen molar-refractivity contribution < 1.29 is 4.74 Å². The third-order valence-electron chi connectivity index (χ3n) is 5.14. The molecule has 27 heavy (non-hydrogen) atoms. The number of ether oxygens (including phenoxy) is 1. The van der Waals surface area contributed by atoms with Gasteiger partial charge in [0.25, 0.3) is 0 Å². The summed E-state index contributed by atoms with van der Waals surface area (Å²) in [4.78, 5) is 2.50. The number of aromatic nitrogens is 2. The van der Waals surface area contributed by atoms with Crippen LogP contribution in [0.25, 0.3) is 10.9 Å². The van der Waals surface area contributed by atoms with Gasteiger partial charge in [-0.2, -0.15) is 0 Å². The van der Waals surface area contributed by atoms with Gasteiger partial charge in [-0.05, 0) is 50.6 Å². The van der Waals surface area contributed by atoms with E-state index in [4.69, 9.17) is 9.84 Å². The molecule has 5 heteroatoms. The second-order valence-corrected chi connectivity index (χ2v) is 7.22. The molecule has 1 aliphatic heterocycles. The van der Waals surface area contributed by atoms with Crippen LogP contribution in [0.4, 0.5) is 0 Å². The molecule has 0 amide bonds. The van der Waals surface area contributed by atoms with Crippen LogP contribution in [0.1, 0.15) is 30.4 Å². The molecule has 0 radical (unpaired) electrons. The second kappa shape index (κ2) is 9.25. The maximum absolute atomic E-state index is 6.12. The summed E-state index contributed by atoms with van der Waals surface area (Å²) >= 11 is 0. The van der Waals surface area contributed by atoms with E-state index in [1.165, 1.54) is 43.5 Å². The van der Waals surface area contributed by atoms with Crippen molar-refractivity contribution in [3.05, 3.63) is 59.7 Å². The van der Waals surface area contributed by atoms with Crippen molar-refractivity contribution in [1.29, 1.82) is 0 Å². The van der Waals surface area contributed by atoms with Gasteiger partial charge in [0, 0.05) is 6.54 Å². The zero-order valence-electron chi connectivity index (χ0n) is 15.9. The number of hydrogen-bond donors (Lipinski definition) is 0. The zero-order valence-corrected chi connectivity index (χ0v) is 16.8. The SMILES string of the molecule is Cc1ccc2c(c1)c(OCCN1CCCCC1)nn2Cc1ccccc1.Cl. The van der Waals surface area contributed by atoms with E-state index in [1.807, 2.05) is 6.07 Å². The van der Waals surface area contributed by atoms with E-state index in [0.29, 0.717) is 6.61 Å². The number of likely N-dealkylation sites (tertiary alicyclic amines) is 1. The predicted molar refractivity (Wildman–Crippen MR) is 113 cm³/mol. The fourth-order valence-electron chi connectivity index (χ4n) is 3.70. The van der Waals surface area contributed by atoms with Crippen molar-refractivity contribution in [2.24, 2.45) is 0 Å². The smallest absolute Gasteiger partial charge is 0.240 e. The number of benzene rings is 2. The molecule has 4 rings (SSSR count). The van der Waals surface area contributed by atoms with E-state index >= 15 is 0 Å². The molecule has 2 aromatic carbocycles. The third kappa shape index (κ3) is 4.82. The van der Waals surface area contributed by atoms with Crippen LogP contribution >= 0.6 is 12.4 Å². The number of hydrogen-bond acceptors (Lipinski definition) is 3. The number of rotatable bonds is 6. The molecule has 1 saturated heterocycles. The average molecular weight is 386 g/mol. The van der Waals surface area contributed by atoms with Gasteiger partial charge in [0.1, 0.15) is 6.61 Å². The van der Waals surface area contributed by atoms with Crippen molar-refractivity contribution >= 4 is 23.3 Å². The first-order valence-electron chi connectivity index (χ1n) is 9.66. The largest absolute Gasteiger partial charge is 0.475 e. The molecular formula is C22H28ClN3O. The topological polar surface area (TPSA) is 30.3 Å². The highest BCUT2D eigenvalue weighted by atomic mass is 35.5. The van der Waals surface area contributed by atoms with Gasteiger partial charge in [0.05, 0.1) is 17.4 Å². The fourth-order valence-corrected chi connectivity index (χ4v) is 3.70. The van der Waals surface area contributed by atoms with Crippen molar-refractivity contribution in [2.45, 2.75) is 32.7 Å². The molecule has 1 aromatic heterocycles. The van der Waals surface area contributed by atoms with Gasteiger partial charge in [-0.3, -0.25) is 9.58 Å².